The summed E-state index contributed by atoms with van der Waals surface area (Å²) < 4.78 is 83.6. The van der Waals surface area contributed by atoms with E-state index in [0.29, 0.717) is 61.4 Å². The van der Waals surface area contributed by atoms with Crippen molar-refractivity contribution in [1.82, 2.24) is 34.8 Å². The van der Waals surface area contributed by atoms with Crippen molar-refractivity contribution in [2.45, 2.75) is 131 Å². The second kappa shape index (κ2) is 16.9. The molecular weight excluding hydrogens is 868 g/mol. The van der Waals surface area contributed by atoms with Crippen molar-refractivity contribution >= 4 is 55.8 Å². The topological polar surface area (TPSA) is 191 Å². The maximum atomic E-state index is 14.9. The summed E-state index contributed by atoms with van der Waals surface area (Å²) in [5.74, 6) is -2.73. The number of alkyl halides is 3. The zero-order chi connectivity index (χ0) is 45.9. The van der Waals surface area contributed by atoms with Crippen molar-refractivity contribution in [2.75, 3.05) is 6.54 Å². The first-order valence-electron chi connectivity index (χ1n) is 22.4. The molecule has 2 aromatic carbocycles. The van der Waals surface area contributed by atoms with Gasteiger partial charge in [0.1, 0.15) is 35.5 Å². The lowest BCUT2D eigenvalue weighted by Gasteiger charge is -2.30. The highest BCUT2D eigenvalue weighted by Gasteiger charge is 2.63. The molecule has 9 rings (SSSR count). The standard InChI is InChI=1S/C46H52F3N7O8S/c1-44(21-22-44)65(61,62)54-42(59)45-25-29(45)14-6-4-3-5-7-19-33(50-43(60)64-30-16-8-9-17-30)41(58)56-26-31(24-35(56)39(57)53-45)63-40-36-32-18-10-11-20-34(32)55(2)38(36)51-37(52-40)27-13-12-15-28(23-27)46(47,48)49/h6,10-15,18,20,23,29-31,33,35H,3-5,7-9,16-17,19,21-22,24-26H2,1-2H3,(H,50,60)(H,53,57)(H,54,59)/b14-6-/t29-,31+,33-,35-,45+/m0/s1. The Kier molecular flexibility index (Phi) is 11.6. The lowest BCUT2D eigenvalue weighted by molar-refractivity contribution is -0.141. The number of nitrogens with one attached hydrogen (secondary N) is 3. The summed E-state index contributed by atoms with van der Waals surface area (Å²) in [7, 11) is -2.31. The van der Waals surface area contributed by atoms with Gasteiger partial charge in [0.25, 0.3) is 5.91 Å². The maximum absolute atomic E-state index is 14.9. The Labute approximate surface area is 373 Å². The molecule has 3 aliphatic carbocycles. The molecular formula is C46H52F3N7O8S. The lowest BCUT2D eigenvalue weighted by atomic mass is 10.0. The molecule has 3 N–H and O–H groups in total. The van der Waals surface area contributed by atoms with Crippen LogP contribution in [0.25, 0.3) is 33.3 Å². The summed E-state index contributed by atoms with van der Waals surface area (Å²) in [6.07, 6.45) is 4.08. The number of hydrogen-bond acceptors (Lipinski definition) is 10. The van der Waals surface area contributed by atoms with Crippen LogP contribution in [0, 0.1) is 5.92 Å². The number of aryl methyl sites for hydroxylation is 1. The Morgan fingerprint density at radius 1 is 0.954 bits per heavy atom. The number of amides is 4. The molecule has 2 aromatic heterocycles. The van der Waals surface area contributed by atoms with Gasteiger partial charge >= 0.3 is 12.3 Å². The van der Waals surface area contributed by atoms with Gasteiger partial charge in [-0.15, -0.1) is 0 Å². The number of allylic oxidation sites excluding steroid dienone is 1. The monoisotopic (exact) mass is 919 g/mol. The highest BCUT2D eigenvalue weighted by Crippen LogP contribution is 2.48. The third-order valence-electron chi connectivity index (χ3n) is 13.8. The molecule has 19 heteroatoms. The first-order valence-corrected chi connectivity index (χ1v) is 23.9. The molecule has 4 amide bonds. The van der Waals surface area contributed by atoms with Crippen LogP contribution in [0.1, 0.15) is 96.0 Å². The SMILES string of the molecule is Cn1c2ccccc2c2c(O[C@@H]3C[C@H]4C(=O)N[C@]5(C(=O)NS(=O)(=O)C6(C)CC6)C[C@@H]5/C=C\CCCCC[C@H](NC(=O)OC5CCCC5)C(=O)N4C3)nc(-c3cccc(C(F)(F)F)c3)nc21. The minimum absolute atomic E-state index is 0.0108. The number of para-hydroxylation sites is 1. The quantitative estimate of drug-likeness (QED) is 0.163. The summed E-state index contributed by atoms with van der Waals surface area (Å²) in [6, 6.07) is 9.61. The molecule has 0 bridgehead atoms. The average molecular weight is 920 g/mol. The van der Waals surface area contributed by atoms with E-state index in [4.69, 9.17) is 19.4 Å². The number of ether oxygens (including phenoxy) is 2. The van der Waals surface area contributed by atoms with Gasteiger partial charge in [-0.05, 0) is 89.3 Å². The minimum Gasteiger partial charge on any atom is -0.472 e. The van der Waals surface area contributed by atoms with Crippen LogP contribution in [0.4, 0.5) is 18.0 Å². The molecule has 4 heterocycles. The van der Waals surface area contributed by atoms with Gasteiger partial charge in [-0.1, -0.05) is 55.3 Å². The van der Waals surface area contributed by atoms with E-state index < -0.39 is 80.0 Å². The van der Waals surface area contributed by atoms with Crippen LogP contribution in [0.5, 0.6) is 5.88 Å². The van der Waals surface area contributed by atoms with Gasteiger partial charge in [-0.3, -0.25) is 19.1 Å². The predicted octanol–water partition coefficient (Wildman–Crippen LogP) is 6.59. The number of halogens is 3. The summed E-state index contributed by atoms with van der Waals surface area (Å²) in [4.78, 5) is 67.7. The van der Waals surface area contributed by atoms with Crippen molar-refractivity contribution in [3.63, 3.8) is 0 Å². The van der Waals surface area contributed by atoms with E-state index in [9.17, 15) is 40.8 Å². The smallest absolute Gasteiger partial charge is 0.416 e. The third kappa shape index (κ3) is 8.75. The fraction of sp³-hybridized carbons (Fsp3) is 0.522. The number of carbonyl (C=O) groups excluding carboxylic acids is 4. The molecule has 0 radical (unpaired) electrons. The highest BCUT2D eigenvalue weighted by molar-refractivity contribution is 7.91. The number of carbonyl (C=O) groups is 4. The molecule has 15 nitrogen and oxygen atoms in total. The molecule has 346 valence electrons. The van der Waals surface area contributed by atoms with Crippen molar-refractivity contribution in [3.05, 3.63) is 66.2 Å². The van der Waals surface area contributed by atoms with Crippen LogP contribution in [0.2, 0.25) is 0 Å². The molecule has 3 saturated carbocycles. The normalized spacial score (nSPS) is 26.6. The van der Waals surface area contributed by atoms with Crippen molar-refractivity contribution in [1.29, 1.82) is 0 Å². The van der Waals surface area contributed by atoms with Crippen LogP contribution < -0.4 is 20.1 Å². The second-order valence-corrected chi connectivity index (χ2v) is 20.6. The zero-order valence-corrected chi connectivity index (χ0v) is 37.0. The predicted molar refractivity (Wildman–Crippen MR) is 233 cm³/mol. The number of benzene rings is 2. The Bertz CT molecular complexity index is 2700. The number of aromatic nitrogens is 3. The number of sulfonamides is 1. The molecule has 5 aliphatic rings. The van der Waals surface area contributed by atoms with E-state index in [2.05, 4.69) is 15.4 Å². The number of fused-ring (bicyclic) bond motifs is 5. The van der Waals surface area contributed by atoms with E-state index in [0.717, 1.165) is 36.9 Å². The Morgan fingerprint density at radius 2 is 1.71 bits per heavy atom. The highest BCUT2D eigenvalue weighted by atomic mass is 32.2. The molecule has 65 heavy (non-hydrogen) atoms. The fourth-order valence-electron chi connectivity index (χ4n) is 9.49. The Morgan fingerprint density at radius 3 is 2.46 bits per heavy atom. The molecule has 4 aromatic rings. The average Bonchev–Trinajstić information content (AvgIpc) is 3.98. The summed E-state index contributed by atoms with van der Waals surface area (Å²) in [5.41, 5.74) is -1.32. The third-order valence-corrected chi connectivity index (χ3v) is 15.9. The van der Waals surface area contributed by atoms with E-state index in [1.165, 1.54) is 17.0 Å². The van der Waals surface area contributed by atoms with Crippen LogP contribution in [0.3, 0.4) is 0 Å². The Hall–Kier alpha value is -5.72. The molecule has 2 aliphatic heterocycles. The van der Waals surface area contributed by atoms with E-state index in [-0.39, 0.29) is 49.2 Å². The number of rotatable bonds is 8. The van der Waals surface area contributed by atoms with E-state index in [1.54, 1.807) is 18.5 Å². The molecule has 1 saturated heterocycles. The van der Waals surface area contributed by atoms with Crippen LogP contribution in [0.15, 0.2) is 60.7 Å². The number of nitrogens with zero attached hydrogens (tertiary/aromatic N) is 4. The van der Waals surface area contributed by atoms with Crippen molar-refractivity contribution in [3.8, 4) is 17.3 Å². The summed E-state index contributed by atoms with van der Waals surface area (Å²) >= 11 is 0. The van der Waals surface area contributed by atoms with Gasteiger partial charge < -0.3 is 29.6 Å². The van der Waals surface area contributed by atoms with Crippen molar-refractivity contribution < 1.29 is 50.2 Å². The molecule has 0 unspecified atom stereocenters. The van der Waals surface area contributed by atoms with Gasteiger partial charge in [-0.2, -0.15) is 18.2 Å². The van der Waals surface area contributed by atoms with Crippen molar-refractivity contribution in [2.24, 2.45) is 13.0 Å². The molecule has 0 spiro atoms. The van der Waals surface area contributed by atoms with Gasteiger partial charge in [-0.25, -0.2) is 18.2 Å². The minimum atomic E-state index is -4.63. The van der Waals surface area contributed by atoms with Gasteiger partial charge in [0, 0.05) is 30.3 Å². The van der Waals surface area contributed by atoms with Gasteiger partial charge in [0.15, 0.2) is 5.82 Å². The molecule has 4 fully saturated rings. The van der Waals surface area contributed by atoms with E-state index >= 15 is 0 Å². The van der Waals surface area contributed by atoms with Gasteiger partial charge in [0.05, 0.1) is 27.8 Å². The summed E-state index contributed by atoms with van der Waals surface area (Å²) in [5, 5.41) is 6.80. The first kappa shape index (κ1) is 44.5. The second-order valence-electron chi connectivity index (χ2n) is 18.4. The Balaban J connectivity index is 1.08. The first-order chi connectivity index (χ1) is 31.0. The zero-order valence-electron chi connectivity index (χ0n) is 36.2. The lowest BCUT2D eigenvalue weighted by Crippen LogP contribution is -2.58. The van der Waals surface area contributed by atoms with Crippen LogP contribution >= 0.6 is 0 Å². The maximum Gasteiger partial charge on any atom is 0.416 e. The molecule has 5 atom stereocenters. The van der Waals surface area contributed by atoms with Crippen LogP contribution in [-0.4, -0.2) is 92.8 Å². The van der Waals surface area contributed by atoms with E-state index in [1.807, 2.05) is 36.4 Å². The fourth-order valence-corrected chi connectivity index (χ4v) is 10.8. The summed E-state index contributed by atoms with van der Waals surface area (Å²) in [6.45, 7) is 1.37. The number of alkyl carbamates (subject to hydrolysis) is 1. The number of hydrogen-bond donors (Lipinski definition) is 3. The van der Waals surface area contributed by atoms with Gasteiger partial charge in [0.2, 0.25) is 27.7 Å². The largest absolute Gasteiger partial charge is 0.472 e. The van der Waals surface area contributed by atoms with Crippen LogP contribution in [-0.2, 0) is 42.4 Å².